The molecule has 0 aromatic heterocycles. The summed E-state index contributed by atoms with van der Waals surface area (Å²) in [5.74, 6) is 0.824. The van der Waals surface area contributed by atoms with Crippen molar-refractivity contribution in [3.05, 3.63) is 95.1 Å². The first-order valence-electron chi connectivity index (χ1n) is 11.7. The Kier molecular flexibility index (Phi) is 8.34. The molecule has 0 unspecified atom stereocenters. The van der Waals surface area contributed by atoms with E-state index in [0.717, 1.165) is 42.2 Å². The number of nitriles is 1. The number of rotatable bonds is 8. The number of ether oxygens (including phenoxy) is 2. The Morgan fingerprint density at radius 3 is 2.29 bits per heavy atom. The molecule has 0 radical (unpaired) electrons. The van der Waals surface area contributed by atoms with Crippen LogP contribution in [0.2, 0.25) is 0 Å². The molecule has 3 aromatic rings. The van der Waals surface area contributed by atoms with E-state index in [9.17, 15) is 4.79 Å². The van der Waals surface area contributed by atoms with E-state index in [1.807, 2.05) is 77.7 Å². The van der Waals surface area contributed by atoms with Gasteiger partial charge in [0.25, 0.3) is 0 Å². The van der Waals surface area contributed by atoms with Crippen LogP contribution in [0.5, 0.6) is 5.75 Å². The number of nitrogens with one attached hydrogen (secondary N) is 1. The van der Waals surface area contributed by atoms with E-state index in [1.54, 1.807) is 7.11 Å². The van der Waals surface area contributed by atoms with Gasteiger partial charge < -0.3 is 19.7 Å². The van der Waals surface area contributed by atoms with Gasteiger partial charge in [-0.05, 0) is 53.1 Å². The average molecular weight is 471 g/mol. The van der Waals surface area contributed by atoms with E-state index in [2.05, 4.69) is 16.3 Å². The lowest BCUT2D eigenvalue weighted by Gasteiger charge is -2.34. The Hall–Kier alpha value is -3.86. The van der Waals surface area contributed by atoms with Crippen molar-refractivity contribution < 1.29 is 14.3 Å². The maximum Gasteiger partial charge on any atom is 0.321 e. The van der Waals surface area contributed by atoms with Crippen LogP contribution in [-0.4, -0.2) is 49.1 Å². The number of hydrogen-bond acceptors (Lipinski definition) is 5. The molecule has 1 fully saturated rings. The molecule has 7 heteroatoms. The molecule has 0 bridgehead atoms. The fourth-order valence-electron chi connectivity index (χ4n) is 4.00. The molecule has 1 saturated heterocycles. The standard InChI is InChI=1S/C28H30N4O3/c1-34-27-11-9-24(10-12-27)20-35-21-25-3-2-4-26(17-25)30-28(33)32-15-13-31(14-16-32)19-23-7-5-22(18-29)6-8-23/h2-12,17H,13-16,19-21H2,1H3,(H,30,33). The smallest absolute Gasteiger partial charge is 0.321 e. The first kappa shape index (κ1) is 24.3. The Morgan fingerprint density at radius 1 is 0.914 bits per heavy atom. The molecule has 0 aliphatic carbocycles. The molecule has 1 aliphatic heterocycles. The Bertz CT molecular complexity index is 1150. The number of amides is 2. The number of anilines is 1. The van der Waals surface area contributed by atoms with Crippen molar-refractivity contribution in [3.63, 3.8) is 0 Å². The van der Waals surface area contributed by atoms with Gasteiger partial charge in [0.05, 0.1) is 32.0 Å². The summed E-state index contributed by atoms with van der Waals surface area (Å²) in [6.45, 7) is 4.76. The number of urea groups is 1. The summed E-state index contributed by atoms with van der Waals surface area (Å²) in [6, 6.07) is 25.3. The molecule has 2 amide bonds. The summed E-state index contributed by atoms with van der Waals surface area (Å²) < 4.78 is 11.0. The number of carbonyl (C=O) groups excluding carboxylic acids is 1. The summed E-state index contributed by atoms with van der Waals surface area (Å²) in [6.07, 6.45) is 0. The summed E-state index contributed by atoms with van der Waals surface area (Å²) in [5.41, 5.74) is 4.69. The molecule has 0 atom stereocenters. The fraction of sp³-hybridized carbons (Fsp3) is 0.286. The van der Waals surface area contributed by atoms with E-state index in [-0.39, 0.29) is 6.03 Å². The third-order valence-corrected chi connectivity index (χ3v) is 6.02. The van der Waals surface area contributed by atoms with Crippen LogP contribution in [0, 0.1) is 11.3 Å². The van der Waals surface area contributed by atoms with Crippen molar-refractivity contribution in [3.8, 4) is 11.8 Å². The van der Waals surface area contributed by atoms with E-state index in [0.29, 0.717) is 31.9 Å². The van der Waals surface area contributed by atoms with E-state index >= 15 is 0 Å². The molecule has 1 N–H and O–H groups in total. The summed E-state index contributed by atoms with van der Waals surface area (Å²) >= 11 is 0. The van der Waals surface area contributed by atoms with Gasteiger partial charge in [-0.1, -0.05) is 36.4 Å². The molecular weight excluding hydrogens is 440 g/mol. The van der Waals surface area contributed by atoms with Crippen molar-refractivity contribution >= 4 is 11.7 Å². The van der Waals surface area contributed by atoms with Gasteiger partial charge in [0.2, 0.25) is 0 Å². The van der Waals surface area contributed by atoms with Crippen LogP contribution < -0.4 is 10.1 Å². The van der Waals surface area contributed by atoms with Crippen LogP contribution in [0.25, 0.3) is 0 Å². The van der Waals surface area contributed by atoms with E-state index < -0.39 is 0 Å². The Morgan fingerprint density at radius 2 is 1.60 bits per heavy atom. The monoisotopic (exact) mass is 470 g/mol. The highest BCUT2D eigenvalue weighted by Gasteiger charge is 2.21. The second kappa shape index (κ2) is 12.0. The largest absolute Gasteiger partial charge is 0.497 e. The second-order valence-corrected chi connectivity index (χ2v) is 8.54. The van der Waals surface area contributed by atoms with Gasteiger partial charge in [-0.3, -0.25) is 4.90 Å². The number of carbonyl (C=O) groups is 1. The normalized spacial score (nSPS) is 13.8. The zero-order chi connectivity index (χ0) is 24.5. The molecule has 7 nitrogen and oxygen atoms in total. The molecule has 1 aliphatic rings. The van der Waals surface area contributed by atoms with Crippen molar-refractivity contribution in [2.45, 2.75) is 19.8 Å². The highest BCUT2D eigenvalue weighted by Crippen LogP contribution is 2.16. The first-order valence-corrected chi connectivity index (χ1v) is 11.7. The number of hydrogen-bond donors (Lipinski definition) is 1. The van der Waals surface area contributed by atoms with Crippen molar-refractivity contribution in [2.75, 3.05) is 38.6 Å². The Balaban J connectivity index is 1.21. The highest BCUT2D eigenvalue weighted by atomic mass is 16.5. The third-order valence-electron chi connectivity index (χ3n) is 6.02. The topological polar surface area (TPSA) is 77.8 Å². The molecule has 4 rings (SSSR count). The SMILES string of the molecule is COc1ccc(COCc2cccc(NC(=O)N3CCN(Cc4ccc(C#N)cc4)CC3)c2)cc1. The van der Waals surface area contributed by atoms with Gasteiger partial charge in [-0.15, -0.1) is 0 Å². The van der Waals surface area contributed by atoms with E-state index in [1.165, 1.54) is 5.56 Å². The van der Waals surface area contributed by atoms with Gasteiger partial charge in [-0.2, -0.15) is 5.26 Å². The van der Waals surface area contributed by atoms with Gasteiger partial charge in [0.1, 0.15) is 5.75 Å². The van der Waals surface area contributed by atoms with Crippen LogP contribution in [0.4, 0.5) is 10.5 Å². The molecule has 35 heavy (non-hydrogen) atoms. The zero-order valence-electron chi connectivity index (χ0n) is 19.9. The number of methoxy groups -OCH3 is 1. The zero-order valence-corrected chi connectivity index (χ0v) is 19.9. The molecular formula is C28H30N4O3. The van der Waals surface area contributed by atoms with Crippen LogP contribution in [0.3, 0.4) is 0 Å². The number of benzene rings is 3. The maximum atomic E-state index is 12.8. The van der Waals surface area contributed by atoms with Crippen LogP contribution in [-0.2, 0) is 24.5 Å². The molecule has 0 spiro atoms. The quantitative estimate of drug-likeness (QED) is 0.519. The van der Waals surface area contributed by atoms with Crippen LogP contribution in [0.15, 0.2) is 72.8 Å². The third kappa shape index (κ3) is 7.06. The van der Waals surface area contributed by atoms with Crippen LogP contribution >= 0.6 is 0 Å². The lowest BCUT2D eigenvalue weighted by atomic mass is 10.1. The Labute approximate surface area is 206 Å². The number of piperazine rings is 1. The molecule has 0 saturated carbocycles. The average Bonchev–Trinajstić information content (AvgIpc) is 2.90. The molecule has 180 valence electrons. The summed E-state index contributed by atoms with van der Waals surface area (Å²) in [5, 5.41) is 12.0. The van der Waals surface area contributed by atoms with Crippen molar-refractivity contribution in [2.24, 2.45) is 0 Å². The maximum absolute atomic E-state index is 12.8. The minimum Gasteiger partial charge on any atom is -0.497 e. The highest BCUT2D eigenvalue weighted by molar-refractivity contribution is 5.89. The molecule has 3 aromatic carbocycles. The van der Waals surface area contributed by atoms with Crippen molar-refractivity contribution in [1.29, 1.82) is 5.26 Å². The second-order valence-electron chi connectivity index (χ2n) is 8.54. The minimum atomic E-state index is -0.0840. The lowest BCUT2D eigenvalue weighted by Crippen LogP contribution is -2.49. The lowest BCUT2D eigenvalue weighted by molar-refractivity contribution is 0.107. The minimum absolute atomic E-state index is 0.0840. The predicted molar refractivity (Wildman–Crippen MR) is 135 cm³/mol. The van der Waals surface area contributed by atoms with Crippen molar-refractivity contribution in [1.82, 2.24) is 9.80 Å². The van der Waals surface area contributed by atoms with Crippen LogP contribution in [0.1, 0.15) is 22.3 Å². The molecule has 1 heterocycles. The number of nitrogens with zero attached hydrogens (tertiary/aromatic N) is 3. The summed E-state index contributed by atoms with van der Waals surface area (Å²) in [7, 11) is 1.65. The van der Waals surface area contributed by atoms with Gasteiger partial charge in [0.15, 0.2) is 0 Å². The fourth-order valence-corrected chi connectivity index (χ4v) is 4.00. The predicted octanol–water partition coefficient (Wildman–Crippen LogP) is 4.63. The summed E-state index contributed by atoms with van der Waals surface area (Å²) in [4.78, 5) is 17.0. The van der Waals surface area contributed by atoms with Gasteiger partial charge in [-0.25, -0.2) is 4.79 Å². The van der Waals surface area contributed by atoms with Gasteiger partial charge >= 0.3 is 6.03 Å². The van der Waals surface area contributed by atoms with Gasteiger partial charge in [0, 0.05) is 38.4 Å². The first-order chi connectivity index (χ1) is 17.1. The van der Waals surface area contributed by atoms with E-state index in [4.69, 9.17) is 14.7 Å².